The number of hydrogen-bond donors (Lipinski definition) is 1. The van der Waals surface area contributed by atoms with Crippen molar-refractivity contribution in [2.45, 2.75) is 46.5 Å². The minimum atomic E-state index is -0.186. The summed E-state index contributed by atoms with van der Waals surface area (Å²) in [5, 5.41) is 2.88. The van der Waals surface area contributed by atoms with Gasteiger partial charge in [0.25, 0.3) is 5.91 Å². The summed E-state index contributed by atoms with van der Waals surface area (Å²) in [6, 6.07) is 0. The van der Waals surface area contributed by atoms with E-state index in [0.29, 0.717) is 31.7 Å². The fourth-order valence-corrected chi connectivity index (χ4v) is 2.00. The molecule has 1 aromatic heterocycles. The lowest BCUT2D eigenvalue weighted by Crippen LogP contribution is -2.35. The SMILES string of the molecule is CCCCCNC(=O)CCN(CC)C(=O)c1cnc(C)cn1. The van der Waals surface area contributed by atoms with Crippen LogP contribution in [0.25, 0.3) is 0 Å². The predicted octanol–water partition coefficient (Wildman–Crippen LogP) is 1.94. The Balaban J connectivity index is 2.42. The molecule has 0 saturated heterocycles. The van der Waals surface area contributed by atoms with E-state index in [2.05, 4.69) is 22.2 Å². The molecule has 1 N–H and O–H groups in total. The van der Waals surface area contributed by atoms with Gasteiger partial charge in [0.1, 0.15) is 5.69 Å². The van der Waals surface area contributed by atoms with Crippen LogP contribution < -0.4 is 5.32 Å². The van der Waals surface area contributed by atoms with Gasteiger partial charge in [-0.25, -0.2) is 4.98 Å². The highest BCUT2D eigenvalue weighted by Crippen LogP contribution is 2.02. The monoisotopic (exact) mass is 306 g/mol. The van der Waals surface area contributed by atoms with Crippen LogP contribution in [0, 0.1) is 6.92 Å². The maximum absolute atomic E-state index is 12.3. The van der Waals surface area contributed by atoms with Crippen LogP contribution in [0.4, 0.5) is 0 Å². The lowest BCUT2D eigenvalue weighted by atomic mass is 10.2. The highest BCUT2D eigenvalue weighted by Gasteiger charge is 2.16. The molecule has 6 nitrogen and oxygen atoms in total. The Labute approximate surface area is 132 Å². The second kappa shape index (κ2) is 9.87. The largest absolute Gasteiger partial charge is 0.356 e. The van der Waals surface area contributed by atoms with Crippen molar-refractivity contribution in [1.82, 2.24) is 20.2 Å². The summed E-state index contributed by atoms with van der Waals surface area (Å²) in [5.74, 6) is -0.203. The van der Waals surface area contributed by atoms with E-state index < -0.39 is 0 Å². The molecule has 0 saturated carbocycles. The van der Waals surface area contributed by atoms with Gasteiger partial charge in [-0.1, -0.05) is 19.8 Å². The number of nitrogens with one attached hydrogen (secondary N) is 1. The summed E-state index contributed by atoms with van der Waals surface area (Å²) in [4.78, 5) is 33.8. The number of hydrogen-bond acceptors (Lipinski definition) is 4. The first-order valence-corrected chi connectivity index (χ1v) is 7.93. The van der Waals surface area contributed by atoms with Crippen LogP contribution >= 0.6 is 0 Å². The molecule has 1 rings (SSSR count). The van der Waals surface area contributed by atoms with Crippen LogP contribution in [0.1, 0.15) is 55.7 Å². The van der Waals surface area contributed by atoms with Crippen molar-refractivity contribution in [3.05, 3.63) is 23.8 Å². The molecule has 0 aromatic carbocycles. The van der Waals surface area contributed by atoms with E-state index in [-0.39, 0.29) is 11.8 Å². The first-order valence-electron chi connectivity index (χ1n) is 7.93. The van der Waals surface area contributed by atoms with Crippen molar-refractivity contribution in [3.63, 3.8) is 0 Å². The molecular formula is C16H26N4O2. The number of aryl methyl sites for hydroxylation is 1. The second-order valence-electron chi connectivity index (χ2n) is 5.23. The van der Waals surface area contributed by atoms with Gasteiger partial charge in [-0.05, 0) is 20.3 Å². The second-order valence-corrected chi connectivity index (χ2v) is 5.23. The Kier molecular flexibility index (Phi) is 8.10. The average Bonchev–Trinajstić information content (AvgIpc) is 2.52. The van der Waals surface area contributed by atoms with Gasteiger partial charge in [0.2, 0.25) is 5.91 Å². The number of amides is 2. The molecule has 0 radical (unpaired) electrons. The maximum atomic E-state index is 12.3. The molecule has 0 unspecified atom stereocenters. The Morgan fingerprint density at radius 2 is 1.95 bits per heavy atom. The van der Waals surface area contributed by atoms with Gasteiger partial charge in [0.15, 0.2) is 0 Å². The van der Waals surface area contributed by atoms with E-state index in [1.807, 2.05) is 13.8 Å². The summed E-state index contributed by atoms with van der Waals surface area (Å²) >= 11 is 0. The van der Waals surface area contributed by atoms with Crippen molar-refractivity contribution in [3.8, 4) is 0 Å². The normalized spacial score (nSPS) is 10.3. The Hall–Kier alpha value is -1.98. The Morgan fingerprint density at radius 1 is 1.18 bits per heavy atom. The fraction of sp³-hybridized carbons (Fsp3) is 0.625. The van der Waals surface area contributed by atoms with Crippen molar-refractivity contribution < 1.29 is 9.59 Å². The summed E-state index contributed by atoms with van der Waals surface area (Å²) in [7, 11) is 0. The Morgan fingerprint density at radius 3 is 2.55 bits per heavy atom. The van der Waals surface area contributed by atoms with Gasteiger partial charge in [-0.3, -0.25) is 14.6 Å². The van der Waals surface area contributed by atoms with Gasteiger partial charge >= 0.3 is 0 Å². The van der Waals surface area contributed by atoms with Gasteiger partial charge in [-0.2, -0.15) is 0 Å². The highest BCUT2D eigenvalue weighted by atomic mass is 16.2. The molecule has 0 aliphatic rings. The van der Waals surface area contributed by atoms with Crippen LogP contribution in [0.5, 0.6) is 0 Å². The van der Waals surface area contributed by atoms with Crippen LogP contribution in [0.3, 0.4) is 0 Å². The minimum Gasteiger partial charge on any atom is -0.356 e. The quantitative estimate of drug-likeness (QED) is 0.708. The van der Waals surface area contributed by atoms with Crippen molar-refractivity contribution in [2.75, 3.05) is 19.6 Å². The third-order valence-corrected chi connectivity index (χ3v) is 3.38. The molecule has 6 heteroatoms. The first-order chi connectivity index (χ1) is 10.6. The fourth-order valence-electron chi connectivity index (χ4n) is 2.00. The number of aromatic nitrogens is 2. The molecule has 0 aliphatic carbocycles. The molecule has 0 atom stereocenters. The van der Waals surface area contributed by atoms with Crippen molar-refractivity contribution >= 4 is 11.8 Å². The van der Waals surface area contributed by atoms with E-state index in [1.165, 1.54) is 6.20 Å². The van der Waals surface area contributed by atoms with Gasteiger partial charge in [0.05, 0.1) is 11.9 Å². The van der Waals surface area contributed by atoms with Crippen LogP contribution in [0.2, 0.25) is 0 Å². The molecule has 1 heterocycles. The first kappa shape index (κ1) is 18.1. The molecule has 0 bridgehead atoms. The number of rotatable bonds is 9. The van der Waals surface area contributed by atoms with E-state index >= 15 is 0 Å². The van der Waals surface area contributed by atoms with E-state index in [1.54, 1.807) is 11.1 Å². The van der Waals surface area contributed by atoms with Crippen molar-refractivity contribution in [2.24, 2.45) is 0 Å². The van der Waals surface area contributed by atoms with Crippen molar-refractivity contribution in [1.29, 1.82) is 0 Å². The van der Waals surface area contributed by atoms with Crippen LogP contribution in [-0.4, -0.2) is 46.3 Å². The molecule has 2 amide bonds. The van der Waals surface area contributed by atoms with E-state index in [4.69, 9.17) is 0 Å². The number of carbonyl (C=O) groups is 2. The van der Waals surface area contributed by atoms with Gasteiger partial charge in [0, 0.05) is 32.3 Å². The van der Waals surface area contributed by atoms with E-state index in [0.717, 1.165) is 25.0 Å². The van der Waals surface area contributed by atoms with Crippen LogP contribution in [0.15, 0.2) is 12.4 Å². The van der Waals surface area contributed by atoms with Gasteiger partial charge in [-0.15, -0.1) is 0 Å². The van der Waals surface area contributed by atoms with Gasteiger partial charge < -0.3 is 10.2 Å². The third-order valence-electron chi connectivity index (χ3n) is 3.38. The molecule has 0 spiro atoms. The highest BCUT2D eigenvalue weighted by molar-refractivity contribution is 5.92. The summed E-state index contributed by atoms with van der Waals surface area (Å²) in [6.07, 6.45) is 6.60. The lowest BCUT2D eigenvalue weighted by molar-refractivity contribution is -0.121. The summed E-state index contributed by atoms with van der Waals surface area (Å²) < 4.78 is 0. The minimum absolute atomic E-state index is 0.0163. The molecular weight excluding hydrogens is 280 g/mol. The zero-order valence-electron chi connectivity index (χ0n) is 13.8. The van der Waals surface area contributed by atoms with Crippen LogP contribution in [-0.2, 0) is 4.79 Å². The third kappa shape index (κ3) is 6.20. The number of nitrogens with zero attached hydrogens (tertiary/aromatic N) is 3. The molecule has 0 aliphatic heterocycles. The summed E-state index contributed by atoms with van der Waals surface area (Å²) in [6.45, 7) is 7.47. The topological polar surface area (TPSA) is 75.2 Å². The summed E-state index contributed by atoms with van der Waals surface area (Å²) in [5.41, 5.74) is 1.09. The lowest BCUT2D eigenvalue weighted by Gasteiger charge is -2.20. The maximum Gasteiger partial charge on any atom is 0.274 e. The molecule has 22 heavy (non-hydrogen) atoms. The zero-order valence-corrected chi connectivity index (χ0v) is 13.8. The predicted molar refractivity (Wildman–Crippen MR) is 85.5 cm³/mol. The molecule has 122 valence electrons. The number of unbranched alkanes of at least 4 members (excludes halogenated alkanes) is 2. The Bertz CT molecular complexity index is 474. The molecule has 0 fully saturated rings. The molecule has 1 aromatic rings. The smallest absolute Gasteiger partial charge is 0.274 e. The standard InChI is InChI=1S/C16H26N4O2/c1-4-6-7-9-17-15(21)8-10-20(5-2)16(22)14-12-18-13(3)11-19-14/h11-12H,4-10H2,1-3H3,(H,17,21). The van der Waals surface area contributed by atoms with E-state index in [9.17, 15) is 9.59 Å². The number of carbonyl (C=O) groups excluding carboxylic acids is 2. The average molecular weight is 306 g/mol. The zero-order chi connectivity index (χ0) is 16.4.